The first kappa shape index (κ1) is 9.23. The molecular formula is C9H13FO2. The van der Waals surface area contributed by atoms with Gasteiger partial charge in [0.25, 0.3) is 0 Å². The van der Waals surface area contributed by atoms with Crippen LogP contribution in [0.4, 0.5) is 4.39 Å². The number of halogens is 1. The Bertz CT molecular complexity index is 189. The molecule has 3 heteroatoms. The quantitative estimate of drug-likeness (QED) is 0.479. The second-order valence-electron chi connectivity index (χ2n) is 2.82. The van der Waals surface area contributed by atoms with Gasteiger partial charge < -0.3 is 4.74 Å². The van der Waals surface area contributed by atoms with Crippen LogP contribution in [0.2, 0.25) is 0 Å². The molecule has 68 valence electrons. The number of esters is 1. The van der Waals surface area contributed by atoms with E-state index in [2.05, 4.69) is 4.74 Å². The first-order chi connectivity index (χ1) is 5.75. The van der Waals surface area contributed by atoms with Crippen LogP contribution in [0.1, 0.15) is 19.8 Å². The molecule has 0 N–H and O–H groups in total. The van der Waals surface area contributed by atoms with Crippen LogP contribution >= 0.6 is 0 Å². The van der Waals surface area contributed by atoms with E-state index in [1.54, 1.807) is 13.0 Å². The lowest BCUT2D eigenvalue weighted by Crippen LogP contribution is -2.25. The van der Waals surface area contributed by atoms with E-state index >= 15 is 0 Å². The fourth-order valence-electron chi connectivity index (χ4n) is 1.30. The van der Waals surface area contributed by atoms with Crippen LogP contribution in [-0.2, 0) is 9.53 Å². The molecular weight excluding hydrogens is 159 g/mol. The Kier molecular flexibility index (Phi) is 3.26. The van der Waals surface area contributed by atoms with Gasteiger partial charge in [0, 0.05) is 5.92 Å². The van der Waals surface area contributed by atoms with Crippen LogP contribution in [0, 0.1) is 5.92 Å². The van der Waals surface area contributed by atoms with Gasteiger partial charge in [0.05, 0.1) is 6.61 Å². The fraction of sp³-hybridized carbons (Fsp3) is 0.667. The Morgan fingerprint density at radius 1 is 1.83 bits per heavy atom. The number of ether oxygens (including phenoxy) is 1. The van der Waals surface area contributed by atoms with Crippen molar-refractivity contribution in [3.63, 3.8) is 0 Å². The number of rotatable bonds is 3. The van der Waals surface area contributed by atoms with E-state index in [4.69, 9.17) is 0 Å². The highest BCUT2D eigenvalue weighted by atomic mass is 19.1. The first-order valence-electron chi connectivity index (χ1n) is 4.23. The van der Waals surface area contributed by atoms with Gasteiger partial charge in [-0.05, 0) is 19.8 Å². The van der Waals surface area contributed by atoms with E-state index in [1.165, 1.54) is 0 Å². The molecule has 0 bridgehead atoms. The van der Waals surface area contributed by atoms with Crippen LogP contribution in [-0.4, -0.2) is 18.7 Å². The van der Waals surface area contributed by atoms with Gasteiger partial charge in [0.1, 0.15) is 0 Å². The summed E-state index contributed by atoms with van der Waals surface area (Å²) in [4.78, 5) is 10.9. The van der Waals surface area contributed by atoms with E-state index in [1.807, 2.05) is 6.08 Å². The van der Waals surface area contributed by atoms with E-state index in [9.17, 15) is 9.18 Å². The summed E-state index contributed by atoms with van der Waals surface area (Å²) in [5, 5.41) is 0. The topological polar surface area (TPSA) is 26.3 Å². The molecule has 2 nitrogen and oxygen atoms in total. The zero-order valence-corrected chi connectivity index (χ0v) is 7.13. The van der Waals surface area contributed by atoms with Gasteiger partial charge in [0.15, 0.2) is 0 Å². The lowest BCUT2D eigenvalue weighted by molar-refractivity contribution is -0.150. The SMILES string of the molecule is CCOC(=O)C(F)C1C=CCC1. The van der Waals surface area contributed by atoms with Crippen molar-refractivity contribution in [2.75, 3.05) is 6.61 Å². The van der Waals surface area contributed by atoms with E-state index in [-0.39, 0.29) is 12.5 Å². The summed E-state index contributed by atoms with van der Waals surface area (Å²) in [6.07, 6.45) is 3.77. The second kappa shape index (κ2) is 4.24. The molecule has 0 radical (unpaired) electrons. The van der Waals surface area contributed by atoms with Crippen LogP contribution in [0.15, 0.2) is 12.2 Å². The lowest BCUT2D eigenvalue weighted by atomic mass is 10.0. The third kappa shape index (κ3) is 2.06. The van der Waals surface area contributed by atoms with Gasteiger partial charge in [-0.1, -0.05) is 12.2 Å². The molecule has 0 spiro atoms. The van der Waals surface area contributed by atoms with Crippen molar-refractivity contribution < 1.29 is 13.9 Å². The molecule has 2 atom stereocenters. The zero-order chi connectivity index (χ0) is 8.97. The third-order valence-corrected chi connectivity index (χ3v) is 1.94. The van der Waals surface area contributed by atoms with Crippen molar-refractivity contribution in [1.82, 2.24) is 0 Å². The van der Waals surface area contributed by atoms with E-state index in [0.717, 1.165) is 12.8 Å². The molecule has 0 aromatic carbocycles. The maximum Gasteiger partial charge on any atom is 0.341 e. The molecule has 0 saturated carbocycles. The van der Waals surface area contributed by atoms with Gasteiger partial charge in [-0.15, -0.1) is 0 Å². The highest BCUT2D eigenvalue weighted by Crippen LogP contribution is 2.23. The Balaban J connectivity index is 2.40. The summed E-state index contributed by atoms with van der Waals surface area (Å²) in [6.45, 7) is 1.92. The highest BCUT2D eigenvalue weighted by Gasteiger charge is 2.28. The van der Waals surface area contributed by atoms with Crippen LogP contribution < -0.4 is 0 Å². The van der Waals surface area contributed by atoms with Crippen molar-refractivity contribution in [3.8, 4) is 0 Å². The van der Waals surface area contributed by atoms with Gasteiger partial charge >= 0.3 is 5.97 Å². The molecule has 2 unspecified atom stereocenters. The largest absolute Gasteiger partial charge is 0.464 e. The van der Waals surface area contributed by atoms with Gasteiger partial charge in [0.2, 0.25) is 6.17 Å². The van der Waals surface area contributed by atoms with Gasteiger partial charge in [-0.2, -0.15) is 0 Å². The molecule has 1 rings (SSSR count). The maximum atomic E-state index is 13.2. The summed E-state index contributed by atoms with van der Waals surface area (Å²) in [7, 11) is 0. The molecule has 0 amide bonds. The number of hydrogen-bond acceptors (Lipinski definition) is 2. The van der Waals surface area contributed by atoms with Crippen molar-refractivity contribution in [2.24, 2.45) is 5.92 Å². The lowest BCUT2D eigenvalue weighted by Gasteiger charge is -2.11. The molecule has 1 aliphatic rings. The number of carbonyl (C=O) groups is 1. The van der Waals surface area contributed by atoms with E-state index in [0.29, 0.717) is 0 Å². The molecule has 1 aliphatic carbocycles. The van der Waals surface area contributed by atoms with E-state index < -0.39 is 12.1 Å². The standard InChI is InChI=1S/C9H13FO2/c1-2-12-9(11)8(10)7-5-3-4-6-7/h3,5,7-8H,2,4,6H2,1H3. The summed E-state index contributed by atoms with van der Waals surface area (Å²) in [5.41, 5.74) is 0. The predicted octanol–water partition coefficient (Wildman–Crippen LogP) is 1.85. The Morgan fingerprint density at radius 2 is 2.58 bits per heavy atom. The second-order valence-corrected chi connectivity index (χ2v) is 2.82. The van der Waals surface area contributed by atoms with Crippen molar-refractivity contribution in [2.45, 2.75) is 25.9 Å². The monoisotopic (exact) mass is 172 g/mol. The molecule has 12 heavy (non-hydrogen) atoms. The maximum absolute atomic E-state index is 13.2. The number of allylic oxidation sites excluding steroid dienone is 2. The fourth-order valence-corrected chi connectivity index (χ4v) is 1.30. The molecule has 0 saturated heterocycles. The predicted molar refractivity (Wildman–Crippen MR) is 43.4 cm³/mol. The van der Waals surface area contributed by atoms with Crippen molar-refractivity contribution in [1.29, 1.82) is 0 Å². The molecule has 0 fully saturated rings. The first-order valence-corrected chi connectivity index (χ1v) is 4.23. The summed E-state index contributed by atoms with van der Waals surface area (Å²) in [6, 6.07) is 0. The number of carbonyl (C=O) groups excluding carboxylic acids is 1. The minimum Gasteiger partial charge on any atom is -0.464 e. The summed E-state index contributed by atoms with van der Waals surface area (Å²) < 4.78 is 17.7. The van der Waals surface area contributed by atoms with Crippen molar-refractivity contribution >= 4 is 5.97 Å². The Labute approximate surface area is 71.4 Å². The number of alkyl halides is 1. The average molecular weight is 172 g/mol. The minimum atomic E-state index is -1.47. The zero-order valence-electron chi connectivity index (χ0n) is 7.13. The van der Waals surface area contributed by atoms with Crippen LogP contribution in [0.5, 0.6) is 0 Å². The third-order valence-electron chi connectivity index (χ3n) is 1.94. The summed E-state index contributed by atoms with van der Waals surface area (Å²) >= 11 is 0. The van der Waals surface area contributed by atoms with Crippen LogP contribution in [0.25, 0.3) is 0 Å². The Morgan fingerprint density at radius 3 is 3.08 bits per heavy atom. The smallest absolute Gasteiger partial charge is 0.341 e. The molecule has 0 aromatic heterocycles. The van der Waals surface area contributed by atoms with Gasteiger partial charge in [-0.3, -0.25) is 0 Å². The summed E-state index contributed by atoms with van der Waals surface area (Å²) in [5.74, 6) is -0.988. The average Bonchev–Trinajstić information content (AvgIpc) is 2.55. The van der Waals surface area contributed by atoms with Crippen molar-refractivity contribution in [3.05, 3.63) is 12.2 Å². The normalized spacial score (nSPS) is 24.0. The molecule has 0 aliphatic heterocycles. The van der Waals surface area contributed by atoms with Gasteiger partial charge in [-0.25, -0.2) is 9.18 Å². The minimum absolute atomic E-state index is 0.246. The highest BCUT2D eigenvalue weighted by molar-refractivity contribution is 5.75. The molecule has 0 aromatic rings. The molecule has 0 heterocycles. The Hall–Kier alpha value is -0.860. The number of hydrogen-bond donors (Lipinski definition) is 0. The van der Waals surface area contributed by atoms with Crippen LogP contribution in [0.3, 0.4) is 0 Å².